The Hall–Kier alpha value is -2.11. The molecular formula is C12H16N2O4. The van der Waals surface area contributed by atoms with Crippen LogP contribution in [-0.2, 0) is 9.53 Å². The van der Waals surface area contributed by atoms with Gasteiger partial charge in [-0.15, -0.1) is 0 Å². The van der Waals surface area contributed by atoms with Crippen LogP contribution in [0, 0.1) is 5.92 Å². The van der Waals surface area contributed by atoms with Gasteiger partial charge in [-0.1, -0.05) is 13.8 Å². The van der Waals surface area contributed by atoms with Crippen molar-refractivity contribution in [3.05, 3.63) is 34.2 Å². The van der Waals surface area contributed by atoms with Crippen LogP contribution < -0.4 is 10.9 Å². The van der Waals surface area contributed by atoms with Crippen LogP contribution in [0.15, 0.2) is 23.1 Å². The fraction of sp³-hybridized carbons (Fsp3) is 0.417. The molecule has 6 heteroatoms. The number of esters is 1. The number of rotatable bonds is 4. The van der Waals surface area contributed by atoms with E-state index in [2.05, 4.69) is 15.0 Å². The molecule has 6 nitrogen and oxygen atoms in total. The van der Waals surface area contributed by atoms with Gasteiger partial charge in [-0.2, -0.15) is 0 Å². The van der Waals surface area contributed by atoms with Crippen molar-refractivity contribution >= 4 is 11.9 Å². The summed E-state index contributed by atoms with van der Waals surface area (Å²) < 4.78 is 4.61. The molecule has 0 fully saturated rings. The predicted molar refractivity (Wildman–Crippen MR) is 65.2 cm³/mol. The largest absolute Gasteiger partial charge is 0.467 e. The van der Waals surface area contributed by atoms with Gasteiger partial charge in [0.2, 0.25) is 5.56 Å². The lowest BCUT2D eigenvalue weighted by molar-refractivity contribution is -0.144. The maximum absolute atomic E-state index is 11.9. The predicted octanol–water partition coefficient (Wildman–Crippen LogP) is 0.302. The molecule has 0 aliphatic rings. The summed E-state index contributed by atoms with van der Waals surface area (Å²) in [6, 6.07) is 1.90. The van der Waals surface area contributed by atoms with E-state index < -0.39 is 17.9 Å². The van der Waals surface area contributed by atoms with Gasteiger partial charge < -0.3 is 15.0 Å². The number of carbonyl (C=O) groups is 2. The lowest BCUT2D eigenvalue weighted by Gasteiger charge is -2.19. The standard InChI is InChI=1S/C12H16N2O4/c1-7(2)10(12(17)18-3)14-11(16)8-4-5-13-9(15)6-8/h4-7,10H,1-3H3,(H,13,15)(H,14,16)/t10-/m0/s1. The second-order valence-electron chi connectivity index (χ2n) is 4.16. The third-order valence-corrected chi connectivity index (χ3v) is 2.45. The molecule has 1 rings (SSSR count). The normalized spacial score (nSPS) is 12.0. The first-order valence-electron chi connectivity index (χ1n) is 5.53. The average molecular weight is 252 g/mol. The van der Waals surface area contributed by atoms with Crippen molar-refractivity contribution in [2.75, 3.05) is 7.11 Å². The van der Waals surface area contributed by atoms with Crippen LogP contribution in [0.5, 0.6) is 0 Å². The summed E-state index contributed by atoms with van der Waals surface area (Å²) in [4.78, 5) is 36.8. The van der Waals surface area contributed by atoms with E-state index in [1.807, 2.05) is 0 Å². The highest BCUT2D eigenvalue weighted by molar-refractivity contribution is 5.96. The van der Waals surface area contributed by atoms with Crippen molar-refractivity contribution in [2.45, 2.75) is 19.9 Å². The Morgan fingerprint density at radius 1 is 1.39 bits per heavy atom. The minimum atomic E-state index is -0.734. The second-order valence-corrected chi connectivity index (χ2v) is 4.16. The minimum absolute atomic E-state index is 0.108. The van der Waals surface area contributed by atoms with E-state index in [1.165, 1.54) is 25.4 Å². The first kappa shape index (κ1) is 14.0. The van der Waals surface area contributed by atoms with Gasteiger partial charge in [-0.05, 0) is 12.0 Å². The van der Waals surface area contributed by atoms with Gasteiger partial charge in [0.15, 0.2) is 0 Å². The number of amides is 1. The monoisotopic (exact) mass is 252 g/mol. The third-order valence-electron chi connectivity index (χ3n) is 2.45. The van der Waals surface area contributed by atoms with Crippen LogP contribution in [0.1, 0.15) is 24.2 Å². The number of carbonyl (C=O) groups excluding carboxylic acids is 2. The number of hydrogen-bond acceptors (Lipinski definition) is 4. The van der Waals surface area contributed by atoms with Crippen LogP contribution in [0.4, 0.5) is 0 Å². The Labute approximate surface area is 104 Å². The van der Waals surface area contributed by atoms with Gasteiger partial charge in [0, 0.05) is 17.8 Å². The topological polar surface area (TPSA) is 88.3 Å². The molecule has 1 amide bonds. The van der Waals surface area contributed by atoms with Crippen molar-refractivity contribution in [3.8, 4) is 0 Å². The molecule has 0 unspecified atom stereocenters. The molecule has 1 atom stereocenters. The summed E-state index contributed by atoms with van der Waals surface area (Å²) >= 11 is 0. The number of methoxy groups -OCH3 is 1. The van der Waals surface area contributed by atoms with E-state index in [0.717, 1.165) is 0 Å². The number of hydrogen-bond donors (Lipinski definition) is 2. The molecule has 18 heavy (non-hydrogen) atoms. The van der Waals surface area contributed by atoms with E-state index >= 15 is 0 Å². The van der Waals surface area contributed by atoms with Gasteiger partial charge in [-0.25, -0.2) is 4.79 Å². The van der Waals surface area contributed by atoms with E-state index in [0.29, 0.717) is 0 Å². The third kappa shape index (κ3) is 3.44. The number of nitrogens with one attached hydrogen (secondary N) is 2. The van der Waals surface area contributed by atoms with Crippen molar-refractivity contribution in [1.82, 2.24) is 10.3 Å². The minimum Gasteiger partial charge on any atom is -0.467 e. The molecule has 2 N–H and O–H groups in total. The average Bonchev–Trinajstić information content (AvgIpc) is 2.34. The Kier molecular flexibility index (Phi) is 4.65. The van der Waals surface area contributed by atoms with Gasteiger partial charge >= 0.3 is 5.97 Å². The van der Waals surface area contributed by atoms with Crippen molar-refractivity contribution in [1.29, 1.82) is 0 Å². The first-order chi connectivity index (χ1) is 8.45. The number of aromatic nitrogens is 1. The zero-order valence-electron chi connectivity index (χ0n) is 10.5. The second kappa shape index (κ2) is 6.00. The Balaban J connectivity index is 2.85. The van der Waals surface area contributed by atoms with Crippen molar-refractivity contribution in [3.63, 3.8) is 0 Å². The molecule has 0 aliphatic heterocycles. The highest BCUT2D eigenvalue weighted by atomic mass is 16.5. The molecule has 1 aromatic heterocycles. The van der Waals surface area contributed by atoms with Crippen LogP contribution >= 0.6 is 0 Å². The molecule has 1 aromatic rings. The maximum Gasteiger partial charge on any atom is 0.328 e. The summed E-state index contributed by atoms with van der Waals surface area (Å²) in [6.07, 6.45) is 1.37. The van der Waals surface area contributed by atoms with Crippen LogP contribution in [0.2, 0.25) is 0 Å². The fourth-order valence-electron chi connectivity index (χ4n) is 1.44. The van der Waals surface area contributed by atoms with Crippen molar-refractivity contribution in [2.24, 2.45) is 5.92 Å². The van der Waals surface area contributed by atoms with E-state index in [1.54, 1.807) is 13.8 Å². The van der Waals surface area contributed by atoms with Crippen LogP contribution in [0.25, 0.3) is 0 Å². The van der Waals surface area contributed by atoms with Gasteiger partial charge in [0.05, 0.1) is 7.11 Å². The highest BCUT2D eigenvalue weighted by Crippen LogP contribution is 2.05. The molecule has 0 aliphatic carbocycles. The molecule has 1 heterocycles. The number of aromatic amines is 1. The van der Waals surface area contributed by atoms with Gasteiger partial charge in [-0.3, -0.25) is 9.59 Å². The van der Waals surface area contributed by atoms with Gasteiger partial charge in [0.1, 0.15) is 6.04 Å². The number of H-pyrrole nitrogens is 1. The summed E-state index contributed by atoms with van der Waals surface area (Å²) in [7, 11) is 1.26. The Morgan fingerprint density at radius 2 is 2.06 bits per heavy atom. The summed E-state index contributed by atoms with van der Waals surface area (Å²) in [5.74, 6) is -1.10. The van der Waals surface area contributed by atoms with E-state index in [-0.39, 0.29) is 17.0 Å². The fourth-order valence-corrected chi connectivity index (χ4v) is 1.44. The first-order valence-corrected chi connectivity index (χ1v) is 5.53. The Morgan fingerprint density at radius 3 is 2.56 bits per heavy atom. The number of ether oxygens (including phenoxy) is 1. The van der Waals surface area contributed by atoms with Crippen LogP contribution in [-0.4, -0.2) is 30.0 Å². The molecule has 0 radical (unpaired) electrons. The summed E-state index contributed by atoms with van der Waals surface area (Å²) in [6.45, 7) is 3.58. The molecule has 0 saturated carbocycles. The molecule has 0 bridgehead atoms. The summed E-state index contributed by atoms with van der Waals surface area (Å²) in [5.41, 5.74) is -0.171. The van der Waals surface area contributed by atoms with Gasteiger partial charge in [0.25, 0.3) is 5.91 Å². The summed E-state index contributed by atoms with van der Waals surface area (Å²) in [5, 5.41) is 2.54. The zero-order valence-corrected chi connectivity index (χ0v) is 10.5. The lowest BCUT2D eigenvalue weighted by atomic mass is 10.0. The van der Waals surface area contributed by atoms with Crippen LogP contribution in [0.3, 0.4) is 0 Å². The Bertz CT molecular complexity index is 493. The zero-order chi connectivity index (χ0) is 13.7. The lowest BCUT2D eigenvalue weighted by Crippen LogP contribution is -2.45. The van der Waals surface area contributed by atoms with Crippen molar-refractivity contribution < 1.29 is 14.3 Å². The molecule has 0 saturated heterocycles. The molecular weight excluding hydrogens is 236 g/mol. The smallest absolute Gasteiger partial charge is 0.328 e. The van der Waals surface area contributed by atoms with E-state index in [4.69, 9.17) is 0 Å². The quantitative estimate of drug-likeness (QED) is 0.754. The highest BCUT2D eigenvalue weighted by Gasteiger charge is 2.25. The molecule has 0 spiro atoms. The maximum atomic E-state index is 11.9. The van der Waals surface area contributed by atoms with E-state index in [9.17, 15) is 14.4 Å². The number of pyridine rings is 1. The SMILES string of the molecule is COC(=O)[C@@H](NC(=O)c1cc[nH]c(=O)c1)C(C)C. The molecule has 0 aromatic carbocycles. The molecule has 98 valence electrons.